The molecule has 5 heteroatoms. The first-order chi connectivity index (χ1) is 15.4. The summed E-state index contributed by atoms with van der Waals surface area (Å²) >= 11 is 0. The number of terminal acetylenes is 1. The van der Waals surface area contributed by atoms with Gasteiger partial charge in [0.15, 0.2) is 0 Å². The molecule has 1 fully saturated rings. The van der Waals surface area contributed by atoms with Crippen molar-refractivity contribution in [2.75, 3.05) is 0 Å². The summed E-state index contributed by atoms with van der Waals surface area (Å²) in [7, 11) is 0. The number of aromatic amines is 1. The molecular formula is C27H25FN2O2. The number of nitrogens with one attached hydrogen (secondary N) is 2. The maximum absolute atomic E-state index is 15.0. The van der Waals surface area contributed by atoms with Crippen LogP contribution in [0.15, 0.2) is 53.3 Å². The average Bonchev–Trinajstić information content (AvgIpc) is 2.72. The third kappa shape index (κ3) is 3.85. The van der Waals surface area contributed by atoms with Gasteiger partial charge in [0.2, 0.25) is 0 Å². The number of amides is 1. The summed E-state index contributed by atoms with van der Waals surface area (Å²) in [5, 5.41) is 3.15. The van der Waals surface area contributed by atoms with Crippen LogP contribution in [0, 0.1) is 37.9 Å². The summed E-state index contributed by atoms with van der Waals surface area (Å²) in [6, 6.07) is 14.0. The molecule has 2 N–H and O–H groups in total. The maximum Gasteiger partial charge on any atom is 0.264 e. The summed E-state index contributed by atoms with van der Waals surface area (Å²) in [4.78, 5) is 28.3. The van der Waals surface area contributed by atoms with Crippen molar-refractivity contribution in [1.82, 2.24) is 10.3 Å². The highest BCUT2D eigenvalue weighted by Gasteiger charge is 2.33. The first-order valence-electron chi connectivity index (χ1n) is 10.8. The van der Waals surface area contributed by atoms with E-state index in [4.69, 9.17) is 6.42 Å². The van der Waals surface area contributed by atoms with Gasteiger partial charge in [-0.2, -0.15) is 0 Å². The minimum atomic E-state index is -0.383. The Morgan fingerprint density at radius 1 is 1.16 bits per heavy atom. The third-order valence-electron chi connectivity index (χ3n) is 6.38. The van der Waals surface area contributed by atoms with E-state index >= 15 is 4.39 Å². The summed E-state index contributed by atoms with van der Waals surface area (Å²) in [6.07, 6.45) is 8.48. The van der Waals surface area contributed by atoms with Gasteiger partial charge in [-0.25, -0.2) is 4.39 Å². The molecular weight excluding hydrogens is 403 g/mol. The number of hydrogen-bond acceptors (Lipinski definition) is 2. The molecule has 1 aliphatic rings. The van der Waals surface area contributed by atoms with Gasteiger partial charge in [-0.15, -0.1) is 6.42 Å². The van der Waals surface area contributed by atoms with Gasteiger partial charge in [0.05, 0.1) is 17.2 Å². The van der Waals surface area contributed by atoms with Crippen molar-refractivity contribution in [2.24, 2.45) is 5.92 Å². The fraction of sp³-hybridized carbons (Fsp3) is 0.259. The summed E-state index contributed by atoms with van der Waals surface area (Å²) in [6.45, 7) is 3.36. The summed E-state index contributed by atoms with van der Waals surface area (Å²) in [5.41, 5.74) is 3.09. The Labute approximate surface area is 186 Å². The lowest BCUT2D eigenvalue weighted by molar-refractivity contribution is 0.0899. The Morgan fingerprint density at radius 2 is 1.88 bits per heavy atom. The van der Waals surface area contributed by atoms with Crippen LogP contribution in [0.25, 0.3) is 11.1 Å². The molecule has 32 heavy (non-hydrogen) atoms. The Morgan fingerprint density at radius 3 is 2.50 bits per heavy atom. The predicted molar refractivity (Wildman–Crippen MR) is 124 cm³/mol. The van der Waals surface area contributed by atoms with Gasteiger partial charge in [-0.3, -0.25) is 9.59 Å². The molecule has 1 aromatic heterocycles. The van der Waals surface area contributed by atoms with Crippen LogP contribution in [-0.4, -0.2) is 10.9 Å². The minimum absolute atomic E-state index is 0.150. The second kappa shape index (κ2) is 8.84. The number of carbonyl (C=O) groups excluding carboxylic acids is 1. The highest BCUT2D eigenvalue weighted by molar-refractivity contribution is 5.97. The minimum Gasteiger partial charge on any atom is -0.345 e. The molecule has 162 valence electrons. The van der Waals surface area contributed by atoms with Crippen molar-refractivity contribution >= 4 is 5.91 Å². The first kappa shape index (κ1) is 21.6. The number of aromatic nitrogens is 1. The van der Waals surface area contributed by atoms with E-state index in [2.05, 4.69) is 16.2 Å². The normalized spacial score (nSPS) is 14.3. The zero-order chi connectivity index (χ0) is 22.8. The lowest BCUT2D eigenvalue weighted by Crippen LogP contribution is -2.38. The van der Waals surface area contributed by atoms with E-state index in [1.54, 1.807) is 19.9 Å². The van der Waals surface area contributed by atoms with Crippen LogP contribution in [0.1, 0.15) is 58.0 Å². The number of benzene rings is 2. The van der Waals surface area contributed by atoms with Gasteiger partial charge in [-0.05, 0) is 55.4 Å². The third-order valence-corrected chi connectivity index (χ3v) is 6.38. The largest absolute Gasteiger partial charge is 0.345 e. The molecule has 0 unspecified atom stereocenters. The van der Waals surface area contributed by atoms with Gasteiger partial charge >= 0.3 is 0 Å². The average molecular weight is 429 g/mol. The molecule has 1 saturated carbocycles. The van der Waals surface area contributed by atoms with Crippen LogP contribution in [0.2, 0.25) is 0 Å². The molecule has 0 bridgehead atoms. The fourth-order valence-corrected chi connectivity index (χ4v) is 4.53. The van der Waals surface area contributed by atoms with Crippen LogP contribution < -0.4 is 10.9 Å². The van der Waals surface area contributed by atoms with Gasteiger partial charge in [-0.1, -0.05) is 54.8 Å². The van der Waals surface area contributed by atoms with Crippen LogP contribution in [0.5, 0.6) is 0 Å². The Hall–Kier alpha value is -3.65. The van der Waals surface area contributed by atoms with Crippen LogP contribution in [-0.2, 0) is 0 Å². The molecule has 4 nitrogen and oxygen atoms in total. The van der Waals surface area contributed by atoms with Crippen LogP contribution in [0.3, 0.4) is 0 Å². The molecule has 1 aliphatic carbocycles. The van der Waals surface area contributed by atoms with E-state index < -0.39 is 0 Å². The summed E-state index contributed by atoms with van der Waals surface area (Å²) < 4.78 is 15.0. The number of pyridine rings is 1. The Kier molecular flexibility index (Phi) is 5.96. The lowest BCUT2D eigenvalue weighted by Gasteiger charge is -2.36. The Balaban J connectivity index is 1.79. The zero-order valence-electron chi connectivity index (χ0n) is 18.2. The van der Waals surface area contributed by atoms with E-state index in [0.717, 1.165) is 30.4 Å². The number of H-pyrrole nitrogens is 1. The molecule has 0 radical (unpaired) electrons. The van der Waals surface area contributed by atoms with E-state index in [0.29, 0.717) is 22.4 Å². The van der Waals surface area contributed by atoms with Crippen molar-refractivity contribution < 1.29 is 9.18 Å². The molecule has 1 amide bonds. The topological polar surface area (TPSA) is 62.0 Å². The molecule has 1 atom stereocenters. The highest BCUT2D eigenvalue weighted by Crippen LogP contribution is 2.42. The highest BCUT2D eigenvalue weighted by atomic mass is 19.1. The van der Waals surface area contributed by atoms with Gasteiger partial charge in [0, 0.05) is 11.3 Å². The molecule has 4 rings (SSSR count). The van der Waals surface area contributed by atoms with E-state index in [-0.39, 0.29) is 34.8 Å². The number of aryl methyl sites for hydroxylation is 1. The molecule has 0 aliphatic heterocycles. The lowest BCUT2D eigenvalue weighted by atomic mass is 9.75. The van der Waals surface area contributed by atoms with E-state index in [9.17, 15) is 9.59 Å². The number of hydrogen-bond donors (Lipinski definition) is 2. The summed E-state index contributed by atoms with van der Waals surface area (Å²) in [5.74, 6) is 1.94. The van der Waals surface area contributed by atoms with Gasteiger partial charge in [0.25, 0.3) is 11.5 Å². The molecule has 2 aromatic carbocycles. The number of carbonyl (C=O) groups is 1. The van der Waals surface area contributed by atoms with E-state index in [1.165, 1.54) is 6.07 Å². The second-order valence-corrected chi connectivity index (χ2v) is 8.31. The first-order valence-corrected chi connectivity index (χ1v) is 10.8. The molecule has 3 aromatic rings. The van der Waals surface area contributed by atoms with Gasteiger partial charge in [0.1, 0.15) is 5.82 Å². The predicted octanol–water partition coefficient (Wildman–Crippen LogP) is 5.05. The van der Waals surface area contributed by atoms with Crippen molar-refractivity contribution in [3.05, 3.63) is 92.6 Å². The van der Waals surface area contributed by atoms with Gasteiger partial charge < -0.3 is 10.3 Å². The molecule has 1 heterocycles. The quantitative estimate of drug-likeness (QED) is 0.559. The molecule has 0 saturated heterocycles. The van der Waals surface area contributed by atoms with E-state index in [1.807, 2.05) is 36.4 Å². The van der Waals surface area contributed by atoms with Crippen LogP contribution in [0.4, 0.5) is 4.39 Å². The van der Waals surface area contributed by atoms with Crippen molar-refractivity contribution in [1.29, 1.82) is 0 Å². The zero-order valence-corrected chi connectivity index (χ0v) is 18.2. The van der Waals surface area contributed by atoms with Crippen molar-refractivity contribution in [3.8, 4) is 23.5 Å². The second-order valence-electron chi connectivity index (χ2n) is 8.31. The monoisotopic (exact) mass is 428 g/mol. The van der Waals surface area contributed by atoms with Crippen molar-refractivity contribution in [3.63, 3.8) is 0 Å². The van der Waals surface area contributed by atoms with Crippen molar-refractivity contribution in [2.45, 2.75) is 39.2 Å². The standard InChI is InChI=1S/C27H25FN2O2/c1-4-20-16(2)23(17(3)29-26(20)31)27(32)30-25(19-12-8-13-19)21-14-9-15-22(28)24(21)18-10-6-5-7-11-18/h1,5-7,9-11,14-15,19,25H,8,12-13H2,2-3H3,(H,29,31)(H,30,32)/t25-/m0/s1. The maximum atomic E-state index is 15.0. The number of rotatable bonds is 5. The Bertz CT molecular complexity index is 1270. The molecule has 0 spiro atoms. The number of halogens is 1. The fourth-order valence-electron chi connectivity index (χ4n) is 4.53. The smallest absolute Gasteiger partial charge is 0.264 e. The SMILES string of the molecule is C#Cc1c(C)c(C(=O)N[C@H](c2cccc(F)c2-c2ccccc2)C2CCC2)c(C)[nH]c1=O. The van der Waals surface area contributed by atoms with Crippen LogP contribution >= 0.6 is 0 Å².